The molecule has 0 saturated heterocycles. The number of hydrogen-bond donors (Lipinski definition) is 1. The van der Waals surface area contributed by atoms with Crippen LogP contribution in [0.2, 0.25) is 5.02 Å². The summed E-state index contributed by atoms with van der Waals surface area (Å²) in [4.78, 5) is 2.52. The summed E-state index contributed by atoms with van der Waals surface area (Å²) in [5, 5.41) is 10.7. The maximum Gasteiger partial charge on any atom is 0.134 e. The van der Waals surface area contributed by atoms with E-state index in [0.29, 0.717) is 5.02 Å². The summed E-state index contributed by atoms with van der Waals surface area (Å²) in [6.07, 6.45) is 6.56. The smallest absolute Gasteiger partial charge is 0.134 e. The lowest BCUT2D eigenvalue weighted by atomic mass is 9.57. The molecule has 1 heterocycles. The average molecular weight is 435 g/mol. The fourth-order valence-corrected chi connectivity index (χ4v) is 4.92. The zero-order chi connectivity index (χ0) is 17.4. The summed E-state index contributed by atoms with van der Waals surface area (Å²) in [6.45, 7) is 5.83. The molecule has 0 spiro atoms. The third kappa shape index (κ3) is 3.11. The van der Waals surface area contributed by atoms with Crippen LogP contribution in [0.3, 0.4) is 0 Å². The minimum atomic E-state index is 0. The zero-order valence-electron chi connectivity index (χ0n) is 14.8. The van der Waals surface area contributed by atoms with Crippen LogP contribution in [-0.2, 0) is 11.8 Å². The maximum absolute atomic E-state index is 10.3. The molecular weight excluding hydrogens is 410 g/mol. The van der Waals surface area contributed by atoms with Gasteiger partial charge in [-0.2, -0.15) is 0 Å². The molecule has 1 unspecified atom stereocenters. The van der Waals surface area contributed by atoms with Crippen molar-refractivity contribution < 1.29 is 5.11 Å². The highest BCUT2D eigenvalue weighted by atomic mass is 79.9. The minimum absolute atomic E-state index is 0. The van der Waals surface area contributed by atoms with Gasteiger partial charge in [-0.15, -0.1) is 23.6 Å². The molecule has 1 aliphatic carbocycles. The van der Waals surface area contributed by atoms with Crippen LogP contribution in [0.15, 0.2) is 55.1 Å². The van der Waals surface area contributed by atoms with E-state index >= 15 is 0 Å². The van der Waals surface area contributed by atoms with Crippen molar-refractivity contribution in [2.24, 2.45) is 0 Å². The van der Waals surface area contributed by atoms with Crippen LogP contribution in [0.1, 0.15) is 42.0 Å². The number of nitrogens with zero attached hydrogens (tertiary/aromatic N) is 1. The van der Waals surface area contributed by atoms with Crippen LogP contribution in [0, 0.1) is 0 Å². The Hall–Kier alpha value is -1.29. The lowest BCUT2D eigenvalue weighted by molar-refractivity contribution is 0.0609. The summed E-state index contributed by atoms with van der Waals surface area (Å²) in [5.74, 6) is 0.188. The third-order valence-electron chi connectivity index (χ3n) is 6.02. The van der Waals surface area contributed by atoms with Crippen LogP contribution in [0.4, 0.5) is 0 Å². The van der Waals surface area contributed by atoms with Gasteiger partial charge < -0.3 is 5.11 Å². The van der Waals surface area contributed by atoms with E-state index in [-0.39, 0.29) is 34.2 Å². The SMILES string of the molecule is Br.C=CCN1CCc2cc(Cl)c(O)cc2C1C1(c2ccccc2)CCC1. The topological polar surface area (TPSA) is 23.5 Å². The second-order valence-electron chi connectivity index (χ2n) is 7.31. The summed E-state index contributed by atoms with van der Waals surface area (Å²) < 4.78 is 0. The highest BCUT2D eigenvalue weighted by Crippen LogP contribution is 2.56. The van der Waals surface area contributed by atoms with Crippen LogP contribution >= 0.6 is 28.6 Å². The fourth-order valence-electron chi connectivity index (χ4n) is 4.74. The molecule has 2 aliphatic rings. The number of aromatic hydroxyl groups is 1. The molecule has 138 valence electrons. The Morgan fingerprint density at radius 3 is 2.58 bits per heavy atom. The van der Waals surface area contributed by atoms with Crippen molar-refractivity contribution >= 4 is 28.6 Å². The second kappa shape index (κ2) is 7.75. The molecule has 2 aromatic carbocycles. The summed E-state index contributed by atoms with van der Waals surface area (Å²) >= 11 is 6.19. The van der Waals surface area contributed by atoms with Crippen LogP contribution < -0.4 is 0 Å². The van der Waals surface area contributed by atoms with Crippen molar-refractivity contribution in [2.45, 2.75) is 37.1 Å². The van der Waals surface area contributed by atoms with E-state index in [9.17, 15) is 5.11 Å². The summed E-state index contributed by atoms with van der Waals surface area (Å²) in [7, 11) is 0. The van der Waals surface area contributed by atoms with Gasteiger partial charge in [0, 0.05) is 24.5 Å². The molecule has 1 fully saturated rings. The van der Waals surface area contributed by atoms with Gasteiger partial charge in [0.1, 0.15) is 5.75 Å². The summed E-state index contributed by atoms with van der Waals surface area (Å²) in [5.41, 5.74) is 4.02. The van der Waals surface area contributed by atoms with E-state index in [1.165, 1.54) is 36.0 Å². The number of phenols is 1. The van der Waals surface area contributed by atoms with Crippen LogP contribution in [0.5, 0.6) is 5.75 Å². The molecule has 0 bridgehead atoms. The van der Waals surface area contributed by atoms with Gasteiger partial charge in [0.25, 0.3) is 0 Å². The largest absolute Gasteiger partial charge is 0.506 e. The monoisotopic (exact) mass is 433 g/mol. The molecule has 0 amide bonds. The quantitative estimate of drug-likeness (QED) is 0.612. The highest BCUT2D eigenvalue weighted by molar-refractivity contribution is 8.93. The molecular formula is C22H25BrClNO. The summed E-state index contributed by atoms with van der Waals surface area (Å²) in [6, 6.07) is 15.0. The standard InChI is InChI=1S/C22H24ClNO.BrH/c1-2-12-24-13-9-16-14-19(23)20(25)15-18(16)21(24)22(10-6-11-22)17-7-4-3-5-8-17;/h2-5,7-8,14-15,21,25H,1,6,9-13H2;1H. The maximum atomic E-state index is 10.3. The van der Waals surface area contributed by atoms with Crippen LogP contribution in [0.25, 0.3) is 0 Å². The Bertz CT molecular complexity index is 788. The van der Waals surface area contributed by atoms with Crippen molar-refractivity contribution in [2.75, 3.05) is 13.1 Å². The van der Waals surface area contributed by atoms with Gasteiger partial charge in [0.05, 0.1) is 5.02 Å². The predicted molar refractivity (Wildman–Crippen MR) is 114 cm³/mol. The lowest BCUT2D eigenvalue weighted by Crippen LogP contribution is -2.51. The number of rotatable bonds is 4. The van der Waals surface area contributed by atoms with Gasteiger partial charge in [0.2, 0.25) is 0 Å². The lowest BCUT2D eigenvalue weighted by Gasteiger charge is -2.54. The number of phenolic OH excluding ortho intramolecular Hbond substituents is 1. The van der Waals surface area contributed by atoms with E-state index in [0.717, 1.165) is 19.5 Å². The Labute approximate surface area is 171 Å². The van der Waals surface area contributed by atoms with E-state index in [1.807, 2.05) is 18.2 Å². The van der Waals surface area contributed by atoms with Crippen molar-refractivity contribution in [1.29, 1.82) is 0 Å². The van der Waals surface area contributed by atoms with Gasteiger partial charge in [0.15, 0.2) is 0 Å². The third-order valence-corrected chi connectivity index (χ3v) is 6.32. The normalized spacial score (nSPS) is 21.2. The molecule has 4 rings (SSSR count). The zero-order valence-corrected chi connectivity index (χ0v) is 17.3. The fraction of sp³-hybridized carbons (Fsp3) is 0.364. The molecule has 0 radical (unpaired) electrons. The Morgan fingerprint density at radius 2 is 1.96 bits per heavy atom. The molecule has 4 heteroatoms. The Morgan fingerprint density at radius 1 is 1.23 bits per heavy atom. The van der Waals surface area contributed by atoms with Gasteiger partial charge in [-0.05, 0) is 48.1 Å². The van der Waals surface area contributed by atoms with Gasteiger partial charge in [-0.3, -0.25) is 4.90 Å². The predicted octanol–water partition coefficient (Wildman–Crippen LogP) is 5.83. The first kappa shape index (κ1) is 19.5. The van der Waals surface area contributed by atoms with Crippen LogP contribution in [-0.4, -0.2) is 23.1 Å². The highest BCUT2D eigenvalue weighted by Gasteiger charge is 2.49. The molecule has 2 nitrogen and oxygen atoms in total. The van der Waals surface area contributed by atoms with Crippen molar-refractivity contribution in [3.8, 4) is 5.75 Å². The number of fused-ring (bicyclic) bond motifs is 1. The molecule has 0 aromatic heterocycles. The van der Waals surface area contributed by atoms with Crippen molar-refractivity contribution in [3.05, 3.63) is 76.8 Å². The van der Waals surface area contributed by atoms with Gasteiger partial charge >= 0.3 is 0 Å². The van der Waals surface area contributed by atoms with E-state index in [4.69, 9.17) is 11.6 Å². The van der Waals surface area contributed by atoms with Crippen molar-refractivity contribution in [1.82, 2.24) is 4.90 Å². The molecule has 26 heavy (non-hydrogen) atoms. The molecule has 1 aliphatic heterocycles. The van der Waals surface area contributed by atoms with Gasteiger partial charge in [-0.1, -0.05) is 54.4 Å². The molecule has 1 N–H and O–H groups in total. The van der Waals surface area contributed by atoms with E-state index in [2.05, 4.69) is 41.8 Å². The second-order valence-corrected chi connectivity index (χ2v) is 7.72. The minimum Gasteiger partial charge on any atom is -0.506 e. The van der Waals surface area contributed by atoms with E-state index in [1.54, 1.807) is 0 Å². The molecule has 1 atom stereocenters. The molecule has 2 aromatic rings. The van der Waals surface area contributed by atoms with Gasteiger partial charge in [-0.25, -0.2) is 0 Å². The Kier molecular flexibility index (Phi) is 5.81. The Balaban J connectivity index is 0.00000196. The number of benzene rings is 2. The first-order chi connectivity index (χ1) is 12.2. The first-order valence-electron chi connectivity index (χ1n) is 9.07. The first-order valence-corrected chi connectivity index (χ1v) is 9.45. The number of hydrogen-bond acceptors (Lipinski definition) is 2. The molecule has 1 saturated carbocycles. The van der Waals surface area contributed by atoms with Crippen molar-refractivity contribution in [3.63, 3.8) is 0 Å². The number of halogens is 2. The average Bonchev–Trinajstić information content (AvgIpc) is 2.58. The van der Waals surface area contributed by atoms with E-state index < -0.39 is 0 Å².